The van der Waals surface area contributed by atoms with Crippen molar-refractivity contribution in [2.45, 2.75) is 13.0 Å². The number of carboxylic acid groups (broad SMARTS) is 1. The Morgan fingerprint density at radius 2 is 1.81 bits per heavy atom. The van der Waals surface area contributed by atoms with Crippen molar-refractivity contribution in [1.82, 2.24) is 9.58 Å². The lowest BCUT2D eigenvalue weighted by atomic mass is 10.0. The summed E-state index contributed by atoms with van der Waals surface area (Å²) < 4.78 is 0.774. The molecule has 2 aromatic heterocycles. The highest BCUT2D eigenvalue weighted by Gasteiger charge is 2.31. The highest BCUT2D eigenvalue weighted by Crippen LogP contribution is 2.37. The lowest BCUT2D eigenvalue weighted by Gasteiger charge is -2.27. The maximum Gasteiger partial charge on any atom is 0.340 e. The third-order valence-electron chi connectivity index (χ3n) is 4.33. The topological polar surface area (TPSA) is 109 Å². The van der Waals surface area contributed by atoms with Gasteiger partial charge in [-0.25, -0.2) is 4.79 Å². The fraction of sp³-hybridized carbons (Fsp3) is 0.176. The number of nitrogens with zero attached hydrogens (tertiary/aromatic N) is 2. The van der Waals surface area contributed by atoms with Gasteiger partial charge < -0.3 is 10.0 Å². The summed E-state index contributed by atoms with van der Waals surface area (Å²) in [6, 6.07) is 8.88. The van der Waals surface area contributed by atoms with Gasteiger partial charge in [0.15, 0.2) is 0 Å². The summed E-state index contributed by atoms with van der Waals surface area (Å²) in [5, 5.41) is 9.76. The number of aromatic carboxylic acids is 1. The molecule has 1 aliphatic rings. The Hall–Kier alpha value is -3.20. The Labute approximate surface area is 150 Å². The minimum atomic E-state index is -1.13. The molecule has 26 heavy (non-hydrogen) atoms. The van der Waals surface area contributed by atoms with Gasteiger partial charge in [0.2, 0.25) is 0 Å². The molecule has 0 bridgehead atoms. The summed E-state index contributed by atoms with van der Waals surface area (Å²) in [4.78, 5) is 49.0. The molecule has 0 unspecified atom stereocenters. The van der Waals surface area contributed by atoms with E-state index in [9.17, 15) is 24.3 Å². The third-order valence-corrected chi connectivity index (χ3v) is 5.45. The Bertz CT molecular complexity index is 1070. The van der Waals surface area contributed by atoms with Crippen LogP contribution in [0.5, 0.6) is 0 Å². The number of thiophene rings is 1. The monoisotopic (exact) mass is 371 g/mol. The van der Waals surface area contributed by atoms with Crippen molar-refractivity contribution in [1.29, 1.82) is 0 Å². The molecular weight excluding hydrogens is 358 g/mol. The molecule has 0 saturated carbocycles. The second-order valence-electron chi connectivity index (χ2n) is 5.91. The highest BCUT2D eigenvalue weighted by atomic mass is 32.1. The van der Waals surface area contributed by atoms with Crippen molar-refractivity contribution in [3.8, 4) is 0 Å². The van der Waals surface area contributed by atoms with Crippen LogP contribution in [0.25, 0.3) is 0 Å². The van der Waals surface area contributed by atoms with E-state index in [1.807, 2.05) is 6.07 Å². The Morgan fingerprint density at radius 3 is 2.42 bits per heavy atom. The number of nitrogens with one attached hydrogen (secondary N) is 1. The summed E-state index contributed by atoms with van der Waals surface area (Å²) in [7, 11) is 0. The molecule has 8 nitrogen and oxygen atoms in total. The van der Waals surface area contributed by atoms with Gasteiger partial charge in [-0.05, 0) is 24.1 Å². The van der Waals surface area contributed by atoms with E-state index in [-0.39, 0.29) is 23.0 Å². The predicted molar refractivity (Wildman–Crippen MR) is 94.5 cm³/mol. The molecule has 0 atom stereocenters. The van der Waals surface area contributed by atoms with Crippen LogP contribution in [0.3, 0.4) is 0 Å². The van der Waals surface area contributed by atoms with Gasteiger partial charge in [-0.2, -0.15) is 4.68 Å². The van der Waals surface area contributed by atoms with Gasteiger partial charge in [0.05, 0.1) is 12.1 Å². The number of carboxylic acids is 1. The van der Waals surface area contributed by atoms with Gasteiger partial charge in [0.1, 0.15) is 5.00 Å². The molecule has 3 aromatic rings. The first-order valence-electron chi connectivity index (χ1n) is 7.84. The summed E-state index contributed by atoms with van der Waals surface area (Å²) in [6.45, 7) is 0.691. The maximum atomic E-state index is 12.6. The Morgan fingerprint density at radius 1 is 1.12 bits per heavy atom. The number of amides is 1. The molecule has 0 saturated heterocycles. The van der Waals surface area contributed by atoms with E-state index < -0.39 is 17.1 Å². The summed E-state index contributed by atoms with van der Waals surface area (Å²) in [6.07, 6.45) is 0.398. The van der Waals surface area contributed by atoms with E-state index in [0.29, 0.717) is 24.1 Å². The number of hydrogen-bond donors (Lipinski definition) is 2. The lowest BCUT2D eigenvalue weighted by molar-refractivity contribution is 0.0696. The molecule has 0 aliphatic carbocycles. The van der Waals surface area contributed by atoms with Crippen LogP contribution in [0.4, 0.5) is 5.00 Å². The van der Waals surface area contributed by atoms with Crippen LogP contribution in [0, 0.1) is 0 Å². The van der Waals surface area contributed by atoms with Crippen LogP contribution in [0.1, 0.15) is 31.2 Å². The van der Waals surface area contributed by atoms with Crippen molar-refractivity contribution >= 4 is 28.2 Å². The average molecular weight is 371 g/mol. The zero-order valence-electron chi connectivity index (χ0n) is 13.4. The molecule has 1 aromatic carbocycles. The molecule has 1 aliphatic heterocycles. The van der Waals surface area contributed by atoms with E-state index in [1.165, 1.54) is 0 Å². The lowest BCUT2D eigenvalue weighted by Crippen LogP contribution is -2.35. The minimum Gasteiger partial charge on any atom is -0.478 e. The fourth-order valence-electron chi connectivity index (χ4n) is 2.98. The number of rotatable bonds is 4. The predicted octanol–water partition coefficient (Wildman–Crippen LogP) is 0.918. The molecule has 3 heterocycles. The molecule has 0 radical (unpaired) electrons. The van der Waals surface area contributed by atoms with Crippen LogP contribution in [0.2, 0.25) is 0 Å². The molecular formula is C17H13N3O5S. The van der Waals surface area contributed by atoms with Gasteiger partial charge in [0, 0.05) is 17.0 Å². The van der Waals surface area contributed by atoms with Crippen molar-refractivity contribution in [2.75, 3.05) is 12.0 Å². The number of anilines is 1. The number of benzene rings is 1. The van der Waals surface area contributed by atoms with Crippen molar-refractivity contribution in [2.24, 2.45) is 0 Å². The summed E-state index contributed by atoms with van der Waals surface area (Å²) >= 11 is 1.15. The fourth-order valence-corrected chi connectivity index (χ4v) is 4.23. The van der Waals surface area contributed by atoms with Crippen molar-refractivity contribution in [3.05, 3.63) is 72.6 Å². The molecule has 0 spiro atoms. The molecule has 1 amide bonds. The number of carbonyl (C=O) groups excluding carboxylic acids is 1. The second kappa shape index (κ2) is 5.95. The first kappa shape index (κ1) is 16.3. The zero-order chi connectivity index (χ0) is 18.4. The van der Waals surface area contributed by atoms with E-state index in [2.05, 4.69) is 5.43 Å². The van der Waals surface area contributed by atoms with Gasteiger partial charge in [-0.1, -0.05) is 18.2 Å². The minimum absolute atomic E-state index is 0.0595. The molecule has 4 rings (SSSR count). The maximum absolute atomic E-state index is 12.6. The van der Waals surface area contributed by atoms with E-state index >= 15 is 0 Å². The zero-order valence-corrected chi connectivity index (χ0v) is 14.2. The molecule has 0 fully saturated rings. The number of fused-ring (bicyclic) bond motifs is 1. The van der Waals surface area contributed by atoms with E-state index in [1.54, 1.807) is 29.2 Å². The van der Waals surface area contributed by atoms with Crippen LogP contribution >= 0.6 is 11.3 Å². The van der Waals surface area contributed by atoms with Crippen LogP contribution in [0.15, 0.2) is 39.9 Å². The molecule has 9 heteroatoms. The first-order chi connectivity index (χ1) is 12.5. The average Bonchev–Trinajstić information content (AvgIpc) is 3.06. The Kier molecular flexibility index (Phi) is 3.73. The standard InChI is InChI=1S/C17H13N3O5S/c21-14(9-4-2-1-3-5-9)19-7-6-10-11(8-19)26-13(12(10)17(24)25)18-20-15(22)16(20)23/h1-5,18H,6-8H2,(H,24,25). The normalized spacial score (nSPS) is 13.6. The largest absolute Gasteiger partial charge is 0.478 e. The van der Waals surface area contributed by atoms with Gasteiger partial charge in [-0.15, -0.1) is 11.3 Å². The molecule has 132 valence electrons. The summed E-state index contributed by atoms with van der Waals surface area (Å²) in [5.41, 5.74) is 2.44. The first-order valence-corrected chi connectivity index (χ1v) is 8.66. The quantitative estimate of drug-likeness (QED) is 0.660. The van der Waals surface area contributed by atoms with Crippen molar-refractivity contribution in [3.63, 3.8) is 0 Å². The van der Waals surface area contributed by atoms with Gasteiger partial charge in [-0.3, -0.25) is 19.8 Å². The van der Waals surface area contributed by atoms with E-state index in [4.69, 9.17) is 0 Å². The van der Waals surface area contributed by atoms with Crippen LogP contribution in [-0.4, -0.2) is 33.1 Å². The number of carbonyl (C=O) groups is 2. The smallest absolute Gasteiger partial charge is 0.340 e. The van der Waals surface area contributed by atoms with Gasteiger partial charge in [0.25, 0.3) is 5.91 Å². The summed E-state index contributed by atoms with van der Waals surface area (Å²) in [5.74, 6) is -1.25. The van der Waals surface area contributed by atoms with E-state index in [0.717, 1.165) is 20.9 Å². The number of aromatic nitrogens is 1. The van der Waals surface area contributed by atoms with Crippen LogP contribution < -0.4 is 16.5 Å². The second-order valence-corrected chi connectivity index (χ2v) is 7.02. The third kappa shape index (κ3) is 2.62. The number of hydrogen-bond acceptors (Lipinski definition) is 6. The molecule has 2 N–H and O–H groups in total. The highest BCUT2D eigenvalue weighted by molar-refractivity contribution is 7.16. The van der Waals surface area contributed by atoms with Crippen LogP contribution in [-0.2, 0) is 13.0 Å². The van der Waals surface area contributed by atoms with Gasteiger partial charge >= 0.3 is 17.1 Å². The van der Waals surface area contributed by atoms with Crippen molar-refractivity contribution < 1.29 is 14.7 Å². The SMILES string of the molecule is O=C(O)c1c(Nn2c(=O)c2=O)sc2c1CCN(C(=O)c1ccccc1)C2. The Balaban J connectivity index is 1.64.